The lowest BCUT2D eigenvalue weighted by atomic mass is 9.85. The summed E-state index contributed by atoms with van der Waals surface area (Å²) in [5.74, 6) is -0.261. The Labute approximate surface area is 112 Å². The van der Waals surface area contributed by atoms with Crippen LogP contribution in [0.1, 0.15) is 42.6 Å². The minimum atomic E-state index is -1.04. The molecule has 0 spiro atoms. The Kier molecular flexibility index (Phi) is 3.60. The average molecular weight is 262 g/mol. The molecule has 0 fully saturated rings. The summed E-state index contributed by atoms with van der Waals surface area (Å²) in [6.07, 6.45) is 1.85. The van der Waals surface area contributed by atoms with Gasteiger partial charge in [0.2, 0.25) is 0 Å². The van der Waals surface area contributed by atoms with Crippen molar-refractivity contribution in [2.24, 2.45) is 5.41 Å². The summed E-state index contributed by atoms with van der Waals surface area (Å²) in [5.41, 5.74) is 0.563. The molecule has 1 aromatic rings. The predicted molar refractivity (Wildman–Crippen MR) is 70.6 cm³/mol. The van der Waals surface area contributed by atoms with Gasteiger partial charge in [0.1, 0.15) is 5.75 Å². The highest BCUT2D eigenvalue weighted by molar-refractivity contribution is 5.99. The van der Waals surface area contributed by atoms with Crippen molar-refractivity contribution < 1.29 is 19.4 Å². The Morgan fingerprint density at radius 2 is 2.11 bits per heavy atom. The molecule has 2 rings (SSSR count). The fourth-order valence-electron chi connectivity index (χ4n) is 2.11. The van der Waals surface area contributed by atoms with E-state index in [1.807, 2.05) is 6.07 Å². The van der Waals surface area contributed by atoms with Crippen molar-refractivity contribution in [2.75, 3.05) is 6.61 Å². The number of carbonyl (C=O) groups is 2. The Balaban J connectivity index is 2.18. The second-order valence-electron chi connectivity index (χ2n) is 5.56. The number of hydrogen-bond acceptors (Lipinski definition) is 3. The third kappa shape index (κ3) is 2.95. The van der Waals surface area contributed by atoms with E-state index in [0.29, 0.717) is 12.2 Å². The molecule has 0 amide bonds. The predicted octanol–water partition coefficient (Wildman–Crippen LogP) is 2.70. The van der Waals surface area contributed by atoms with E-state index in [4.69, 9.17) is 9.84 Å². The van der Waals surface area contributed by atoms with E-state index >= 15 is 0 Å². The van der Waals surface area contributed by atoms with Gasteiger partial charge in [-0.25, -0.2) is 0 Å². The van der Waals surface area contributed by atoms with Crippen LogP contribution in [0.3, 0.4) is 0 Å². The number of carboxylic acids is 1. The van der Waals surface area contributed by atoms with Crippen LogP contribution < -0.4 is 4.74 Å². The minimum Gasteiger partial charge on any atom is -0.493 e. The first-order valence-corrected chi connectivity index (χ1v) is 6.42. The van der Waals surface area contributed by atoms with Crippen molar-refractivity contribution in [1.29, 1.82) is 0 Å². The topological polar surface area (TPSA) is 63.6 Å². The molecule has 1 aliphatic rings. The van der Waals surface area contributed by atoms with Crippen LogP contribution in [0.2, 0.25) is 0 Å². The number of fused-ring (bicyclic) bond motifs is 1. The number of ether oxygens (including phenoxy) is 1. The van der Waals surface area contributed by atoms with Crippen LogP contribution >= 0.6 is 0 Å². The molecule has 0 bridgehead atoms. The number of aryl methyl sites for hydroxylation is 1. The fraction of sp³-hybridized carbons (Fsp3) is 0.467. The molecule has 1 heterocycles. The zero-order valence-electron chi connectivity index (χ0n) is 11.2. The lowest BCUT2D eigenvalue weighted by molar-refractivity contribution is -0.146. The molecule has 1 aliphatic heterocycles. The van der Waals surface area contributed by atoms with Gasteiger partial charge in [-0.3, -0.25) is 9.59 Å². The highest BCUT2D eigenvalue weighted by Crippen LogP contribution is 2.28. The monoisotopic (exact) mass is 262 g/mol. The number of carbonyl (C=O) groups excluding carboxylic acids is 1. The van der Waals surface area contributed by atoms with Crippen molar-refractivity contribution in [2.45, 2.75) is 33.1 Å². The van der Waals surface area contributed by atoms with E-state index in [1.54, 1.807) is 26.0 Å². The van der Waals surface area contributed by atoms with Crippen molar-refractivity contribution in [3.05, 3.63) is 29.3 Å². The number of rotatable bonds is 4. The van der Waals surface area contributed by atoms with E-state index in [9.17, 15) is 9.59 Å². The molecule has 19 heavy (non-hydrogen) atoms. The molecular formula is C15H18O4. The molecule has 1 N–H and O–H groups in total. The summed E-state index contributed by atoms with van der Waals surface area (Å²) >= 11 is 0. The van der Waals surface area contributed by atoms with E-state index in [2.05, 4.69) is 0 Å². The number of carboxylic acid groups (broad SMARTS) is 1. The molecule has 1 aromatic carbocycles. The number of Topliss-reactive ketones (excluding diaryl/α,β-unsaturated/α-hetero) is 1. The summed E-state index contributed by atoms with van der Waals surface area (Å²) in [6.45, 7) is 3.84. The van der Waals surface area contributed by atoms with Crippen LogP contribution in [0.4, 0.5) is 0 Å². The molecule has 0 aromatic heterocycles. The number of benzene rings is 1. The molecule has 0 unspecified atom stereocenters. The Hall–Kier alpha value is -1.84. The second-order valence-corrected chi connectivity index (χ2v) is 5.56. The number of ketones is 1. The van der Waals surface area contributed by atoms with Crippen molar-refractivity contribution >= 4 is 11.8 Å². The van der Waals surface area contributed by atoms with E-state index < -0.39 is 11.4 Å². The SMILES string of the molecule is CC(C)(CC(=O)c1ccc2c(c1)CCCO2)C(=O)O. The van der Waals surface area contributed by atoms with Crippen LogP contribution in [0.25, 0.3) is 0 Å². The van der Waals surface area contributed by atoms with Crippen molar-refractivity contribution in [3.63, 3.8) is 0 Å². The summed E-state index contributed by atoms with van der Waals surface area (Å²) < 4.78 is 5.49. The molecule has 0 saturated heterocycles. The van der Waals surface area contributed by atoms with Gasteiger partial charge >= 0.3 is 5.97 Å². The largest absolute Gasteiger partial charge is 0.493 e. The van der Waals surface area contributed by atoms with Crippen LogP contribution in [-0.2, 0) is 11.2 Å². The molecule has 4 heteroatoms. The summed E-state index contributed by atoms with van der Waals surface area (Å²) in [6, 6.07) is 5.34. The molecule has 0 atom stereocenters. The van der Waals surface area contributed by atoms with Crippen LogP contribution in [0.15, 0.2) is 18.2 Å². The number of hydrogen-bond donors (Lipinski definition) is 1. The van der Waals surface area contributed by atoms with Gasteiger partial charge in [-0.15, -0.1) is 0 Å². The number of aliphatic carboxylic acids is 1. The Morgan fingerprint density at radius 3 is 2.79 bits per heavy atom. The Bertz CT molecular complexity index is 517. The third-order valence-corrected chi connectivity index (χ3v) is 3.41. The van der Waals surface area contributed by atoms with E-state index in [0.717, 1.165) is 24.2 Å². The minimum absolute atomic E-state index is 0.00196. The summed E-state index contributed by atoms with van der Waals surface area (Å²) in [7, 11) is 0. The first-order chi connectivity index (χ1) is 8.90. The molecule has 102 valence electrons. The molecule has 0 radical (unpaired) electrons. The Morgan fingerprint density at radius 1 is 1.37 bits per heavy atom. The van der Waals surface area contributed by atoms with E-state index in [-0.39, 0.29) is 12.2 Å². The highest BCUT2D eigenvalue weighted by atomic mass is 16.5. The maximum Gasteiger partial charge on any atom is 0.309 e. The first kappa shape index (κ1) is 13.6. The molecule has 4 nitrogen and oxygen atoms in total. The van der Waals surface area contributed by atoms with Crippen LogP contribution in [-0.4, -0.2) is 23.5 Å². The van der Waals surface area contributed by atoms with Gasteiger partial charge in [0, 0.05) is 12.0 Å². The molecule has 0 aliphatic carbocycles. The van der Waals surface area contributed by atoms with Crippen molar-refractivity contribution in [1.82, 2.24) is 0 Å². The fourth-order valence-corrected chi connectivity index (χ4v) is 2.11. The van der Waals surface area contributed by atoms with Gasteiger partial charge in [0.05, 0.1) is 12.0 Å². The normalized spacial score (nSPS) is 14.4. The van der Waals surface area contributed by atoms with Gasteiger partial charge in [-0.1, -0.05) is 0 Å². The lowest BCUT2D eigenvalue weighted by Gasteiger charge is -2.20. The summed E-state index contributed by atoms with van der Waals surface area (Å²) in [5, 5.41) is 9.06. The highest BCUT2D eigenvalue weighted by Gasteiger charge is 2.30. The van der Waals surface area contributed by atoms with E-state index in [1.165, 1.54) is 0 Å². The van der Waals surface area contributed by atoms with Gasteiger partial charge < -0.3 is 9.84 Å². The quantitative estimate of drug-likeness (QED) is 0.847. The second kappa shape index (κ2) is 5.03. The van der Waals surface area contributed by atoms with Gasteiger partial charge in [0.25, 0.3) is 0 Å². The zero-order valence-corrected chi connectivity index (χ0v) is 11.2. The maximum absolute atomic E-state index is 12.1. The average Bonchev–Trinajstić information content (AvgIpc) is 2.37. The molecule has 0 saturated carbocycles. The first-order valence-electron chi connectivity index (χ1n) is 6.42. The maximum atomic E-state index is 12.1. The van der Waals surface area contributed by atoms with Crippen LogP contribution in [0.5, 0.6) is 5.75 Å². The van der Waals surface area contributed by atoms with Gasteiger partial charge in [0.15, 0.2) is 5.78 Å². The standard InChI is InChI=1S/C15H18O4/c1-15(2,14(17)18)9-12(16)10-5-6-13-11(8-10)4-3-7-19-13/h5-6,8H,3-4,7,9H2,1-2H3,(H,17,18). The third-order valence-electron chi connectivity index (χ3n) is 3.41. The van der Waals surface area contributed by atoms with Crippen molar-refractivity contribution in [3.8, 4) is 5.75 Å². The van der Waals surface area contributed by atoms with Crippen LogP contribution in [0, 0.1) is 5.41 Å². The lowest BCUT2D eigenvalue weighted by Crippen LogP contribution is -2.27. The van der Waals surface area contributed by atoms with Gasteiger partial charge in [-0.2, -0.15) is 0 Å². The van der Waals surface area contributed by atoms with Gasteiger partial charge in [-0.05, 0) is 50.5 Å². The molecular weight excluding hydrogens is 244 g/mol. The zero-order chi connectivity index (χ0) is 14.0. The summed E-state index contributed by atoms with van der Waals surface area (Å²) in [4.78, 5) is 23.2. The smallest absolute Gasteiger partial charge is 0.309 e.